The van der Waals surface area contributed by atoms with Gasteiger partial charge in [-0.25, -0.2) is 0 Å². The van der Waals surface area contributed by atoms with Crippen molar-refractivity contribution >= 4 is 46.2 Å². The number of hydrogen-bond acceptors (Lipinski definition) is 7. The number of carbonyl (C=O) groups excluding carboxylic acids is 2. The molecule has 2 aliphatic heterocycles. The predicted octanol–water partition coefficient (Wildman–Crippen LogP) is 3.51. The molecule has 0 radical (unpaired) electrons. The second-order valence-electron chi connectivity index (χ2n) is 7.31. The second kappa shape index (κ2) is 9.62. The number of rotatable bonds is 7. The van der Waals surface area contributed by atoms with E-state index in [2.05, 4.69) is 5.32 Å². The average molecular weight is 471 g/mol. The molecule has 0 aliphatic carbocycles. The zero-order valence-corrected chi connectivity index (χ0v) is 19.3. The summed E-state index contributed by atoms with van der Waals surface area (Å²) in [5.74, 6) is 1.52. The summed E-state index contributed by atoms with van der Waals surface area (Å²) in [6.45, 7) is 4.42. The molecule has 2 aromatic rings. The molecule has 166 valence electrons. The van der Waals surface area contributed by atoms with Crippen LogP contribution in [-0.2, 0) is 9.59 Å². The average Bonchev–Trinajstić information content (AvgIpc) is 3.34. The van der Waals surface area contributed by atoms with Crippen molar-refractivity contribution in [3.05, 3.63) is 58.5 Å². The number of carbonyl (C=O) groups is 2. The van der Waals surface area contributed by atoms with Crippen LogP contribution in [0.2, 0.25) is 0 Å². The molecule has 2 heterocycles. The molecular weight excluding hydrogens is 448 g/mol. The van der Waals surface area contributed by atoms with Gasteiger partial charge in [0.15, 0.2) is 17.6 Å². The van der Waals surface area contributed by atoms with Gasteiger partial charge in [-0.1, -0.05) is 47.7 Å². The van der Waals surface area contributed by atoms with E-state index in [-0.39, 0.29) is 31.7 Å². The summed E-state index contributed by atoms with van der Waals surface area (Å²) in [5.41, 5.74) is 1.94. The number of ether oxygens (including phenoxy) is 3. The van der Waals surface area contributed by atoms with E-state index < -0.39 is 6.10 Å². The monoisotopic (exact) mass is 470 g/mol. The molecule has 0 aromatic heterocycles. The van der Waals surface area contributed by atoms with E-state index in [1.165, 1.54) is 16.7 Å². The summed E-state index contributed by atoms with van der Waals surface area (Å²) in [7, 11) is 0. The van der Waals surface area contributed by atoms with Crippen molar-refractivity contribution in [2.75, 3.05) is 19.9 Å². The minimum absolute atomic E-state index is 0.184. The summed E-state index contributed by atoms with van der Waals surface area (Å²) in [6, 6.07) is 13.0. The Bertz CT molecular complexity index is 1080. The SMILES string of the molecule is Cc1ccc(OC(C)C(=O)NCCN2C(=O)/C(=C\c3ccc4c(c3)OCO4)SC2=S)cc1. The quantitative estimate of drug-likeness (QED) is 0.490. The van der Waals surface area contributed by atoms with Gasteiger partial charge >= 0.3 is 0 Å². The highest BCUT2D eigenvalue weighted by molar-refractivity contribution is 8.26. The van der Waals surface area contributed by atoms with E-state index in [1.54, 1.807) is 13.0 Å². The van der Waals surface area contributed by atoms with Crippen LogP contribution in [0.15, 0.2) is 47.4 Å². The van der Waals surface area contributed by atoms with E-state index in [9.17, 15) is 9.59 Å². The molecule has 1 saturated heterocycles. The van der Waals surface area contributed by atoms with Crippen LogP contribution in [0.1, 0.15) is 18.1 Å². The zero-order valence-electron chi connectivity index (χ0n) is 17.6. The first-order valence-electron chi connectivity index (χ1n) is 10.1. The number of thioether (sulfide) groups is 1. The molecule has 0 saturated carbocycles. The third kappa shape index (κ3) is 5.05. The molecule has 1 atom stereocenters. The van der Waals surface area contributed by atoms with Crippen molar-refractivity contribution in [1.29, 1.82) is 0 Å². The number of aryl methyl sites for hydroxylation is 1. The molecule has 1 fully saturated rings. The number of hydrogen-bond donors (Lipinski definition) is 1. The number of thiocarbonyl (C=S) groups is 1. The Labute approximate surface area is 195 Å². The van der Waals surface area contributed by atoms with Gasteiger partial charge in [0.2, 0.25) is 6.79 Å². The summed E-state index contributed by atoms with van der Waals surface area (Å²) < 4.78 is 16.8. The fraction of sp³-hybridized carbons (Fsp3) is 0.261. The molecule has 4 rings (SSSR count). The van der Waals surface area contributed by atoms with Crippen LogP contribution in [-0.4, -0.2) is 47.0 Å². The summed E-state index contributed by atoms with van der Waals surface area (Å²) in [4.78, 5) is 27.1. The fourth-order valence-electron chi connectivity index (χ4n) is 3.16. The molecule has 0 spiro atoms. The first-order valence-corrected chi connectivity index (χ1v) is 11.3. The van der Waals surface area contributed by atoms with Crippen molar-refractivity contribution < 1.29 is 23.8 Å². The maximum Gasteiger partial charge on any atom is 0.266 e. The Morgan fingerprint density at radius 2 is 2.00 bits per heavy atom. The smallest absolute Gasteiger partial charge is 0.266 e. The van der Waals surface area contributed by atoms with E-state index in [0.29, 0.717) is 26.5 Å². The van der Waals surface area contributed by atoms with Crippen LogP contribution in [0.3, 0.4) is 0 Å². The first kappa shape index (κ1) is 22.2. The summed E-state index contributed by atoms with van der Waals surface area (Å²) in [5, 5.41) is 2.80. The van der Waals surface area contributed by atoms with Crippen LogP contribution >= 0.6 is 24.0 Å². The predicted molar refractivity (Wildman–Crippen MR) is 127 cm³/mol. The van der Waals surface area contributed by atoms with Gasteiger partial charge in [0.25, 0.3) is 11.8 Å². The Morgan fingerprint density at radius 1 is 1.25 bits per heavy atom. The molecule has 7 nitrogen and oxygen atoms in total. The lowest BCUT2D eigenvalue weighted by Crippen LogP contribution is -2.41. The Kier molecular flexibility index (Phi) is 6.66. The van der Waals surface area contributed by atoms with Crippen molar-refractivity contribution in [2.45, 2.75) is 20.0 Å². The molecule has 2 aromatic carbocycles. The molecule has 32 heavy (non-hydrogen) atoms. The minimum atomic E-state index is -0.658. The van der Waals surface area contributed by atoms with Gasteiger partial charge in [-0.3, -0.25) is 14.5 Å². The first-order chi connectivity index (χ1) is 15.4. The number of benzene rings is 2. The molecular formula is C23H22N2O5S2. The van der Waals surface area contributed by atoms with E-state index in [0.717, 1.165) is 11.1 Å². The largest absolute Gasteiger partial charge is 0.481 e. The standard InChI is InChI=1S/C23H22N2O5S2/c1-14-3-6-17(7-4-14)30-15(2)21(26)24-9-10-25-22(27)20(32-23(25)31)12-16-5-8-18-19(11-16)29-13-28-18/h3-8,11-12,15H,9-10,13H2,1-2H3,(H,24,26)/b20-12+. The van der Waals surface area contributed by atoms with Gasteiger partial charge in [-0.15, -0.1) is 0 Å². The molecule has 2 aliphatic rings. The molecule has 0 bridgehead atoms. The second-order valence-corrected chi connectivity index (χ2v) is 8.99. The highest BCUT2D eigenvalue weighted by atomic mass is 32.2. The highest BCUT2D eigenvalue weighted by Crippen LogP contribution is 2.36. The number of nitrogens with zero attached hydrogens (tertiary/aromatic N) is 1. The van der Waals surface area contributed by atoms with Gasteiger partial charge in [-0.2, -0.15) is 0 Å². The van der Waals surface area contributed by atoms with Crippen molar-refractivity contribution in [3.63, 3.8) is 0 Å². The summed E-state index contributed by atoms with van der Waals surface area (Å²) >= 11 is 6.60. The van der Waals surface area contributed by atoms with E-state index in [4.69, 9.17) is 26.4 Å². The van der Waals surface area contributed by atoms with Crippen molar-refractivity contribution in [3.8, 4) is 17.2 Å². The Balaban J connectivity index is 1.30. The van der Waals surface area contributed by atoms with Crippen molar-refractivity contribution in [2.24, 2.45) is 0 Å². The van der Waals surface area contributed by atoms with Crippen molar-refractivity contribution in [1.82, 2.24) is 10.2 Å². The van der Waals surface area contributed by atoms with E-state index >= 15 is 0 Å². The zero-order chi connectivity index (χ0) is 22.7. The van der Waals surface area contributed by atoms with Gasteiger partial charge in [-0.05, 0) is 49.8 Å². The van der Waals surface area contributed by atoms with Gasteiger partial charge in [0, 0.05) is 13.1 Å². The summed E-state index contributed by atoms with van der Waals surface area (Å²) in [6.07, 6.45) is 1.12. The van der Waals surface area contributed by atoms with Crippen LogP contribution < -0.4 is 19.5 Å². The topological polar surface area (TPSA) is 77.1 Å². The Hall–Kier alpha value is -3.04. The third-order valence-corrected chi connectivity index (χ3v) is 6.28. The Morgan fingerprint density at radius 3 is 2.78 bits per heavy atom. The number of amides is 2. The van der Waals surface area contributed by atoms with Gasteiger partial charge < -0.3 is 19.5 Å². The van der Waals surface area contributed by atoms with Gasteiger partial charge in [0.05, 0.1) is 4.91 Å². The maximum absolute atomic E-state index is 12.8. The number of nitrogens with one attached hydrogen (secondary N) is 1. The van der Waals surface area contributed by atoms with Crippen LogP contribution in [0.4, 0.5) is 0 Å². The lowest BCUT2D eigenvalue weighted by atomic mass is 10.2. The lowest BCUT2D eigenvalue weighted by Gasteiger charge is -2.17. The third-order valence-electron chi connectivity index (χ3n) is 4.91. The highest BCUT2D eigenvalue weighted by Gasteiger charge is 2.32. The van der Waals surface area contributed by atoms with Crippen LogP contribution in [0.5, 0.6) is 17.2 Å². The number of fused-ring (bicyclic) bond motifs is 1. The molecule has 1 unspecified atom stereocenters. The fourth-order valence-corrected chi connectivity index (χ4v) is 4.46. The normalized spacial score (nSPS) is 17.1. The molecule has 9 heteroatoms. The molecule has 1 N–H and O–H groups in total. The van der Waals surface area contributed by atoms with E-state index in [1.807, 2.05) is 49.4 Å². The van der Waals surface area contributed by atoms with Gasteiger partial charge in [0.1, 0.15) is 10.1 Å². The van der Waals surface area contributed by atoms with Crippen LogP contribution in [0, 0.1) is 6.92 Å². The molecule has 2 amide bonds. The lowest BCUT2D eigenvalue weighted by molar-refractivity contribution is -0.128. The van der Waals surface area contributed by atoms with Crippen LogP contribution in [0.25, 0.3) is 6.08 Å². The maximum atomic E-state index is 12.8. The minimum Gasteiger partial charge on any atom is -0.481 e.